The second kappa shape index (κ2) is 4.98. The largest absolute Gasteiger partial charge is 0.493 e. The minimum absolute atomic E-state index is 0.705. The zero-order chi connectivity index (χ0) is 13.4. The molecule has 0 atom stereocenters. The summed E-state index contributed by atoms with van der Waals surface area (Å²) in [7, 11) is 0. The highest BCUT2D eigenvalue weighted by atomic mass is 16.5. The third kappa shape index (κ3) is 2.34. The molecule has 0 bridgehead atoms. The van der Waals surface area contributed by atoms with E-state index >= 15 is 0 Å². The van der Waals surface area contributed by atoms with Crippen LogP contribution in [0.15, 0.2) is 34.7 Å². The van der Waals surface area contributed by atoms with Crippen LogP contribution in [0.25, 0.3) is 11.3 Å². The van der Waals surface area contributed by atoms with Crippen molar-refractivity contribution in [2.24, 2.45) is 0 Å². The number of furan rings is 1. The first-order chi connectivity index (χ1) is 9.90. The highest BCUT2D eigenvalue weighted by Gasteiger charge is 2.21. The predicted molar refractivity (Wildman–Crippen MR) is 77.8 cm³/mol. The number of fused-ring (bicyclic) bond motifs is 1. The molecule has 1 fully saturated rings. The second-order valence-electron chi connectivity index (χ2n) is 5.67. The summed E-state index contributed by atoms with van der Waals surface area (Å²) in [6.45, 7) is 1.63. The van der Waals surface area contributed by atoms with Crippen LogP contribution < -0.4 is 10.1 Å². The van der Waals surface area contributed by atoms with E-state index in [1.165, 1.54) is 18.4 Å². The smallest absolute Gasteiger partial charge is 0.138 e. The molecule has 4 rings (SSSR count). The first-order valence-electron chi connectivity index (χ1n) is 7.47. The molecule has 3 heteroatoms. The Hall–Kier alpha value is -1.74. The fourth-order valence-corrected chi connectivity index (χ4v) is 2.73. The van der Waals surface area contributed by atoms with E-state index in [2.05, 4.69) is 35.6 Å². The lowest BCUT2D eigenvalue weighted by atomic mass is 10.0. The molecule has 0 saturated heterocycles. The van der Waals surface area contributed by atoms with Crippen molar-refractivity contribution in [3.63, 3.8) is 0 Å². The van der Waals surface area contributed by atoms with Crippen LogP contribution in [0.5, 0.6) is 5.75 Å². The van der Waals surface area contributed by atoms with Gasteiger partial charge in [-0.15, -0.1) is 0 Å². The summed E-state index contributed by atoms with van der Waals surface area (Å²) in [5.74, 6) is 2.92. The van der Waals surface area contributed by atoms with Crippen LogP contribution in [0, 0.1) is 0 Å². The molecule has 1 aliphatic heterocycles. The van der Waals surface area contributed by atoms with Gasteiger partial charge in [0.15, 0.2) is 0 Å². The highest BCUT2D eigenvalue weighted by molar-refractivity contribution is 5.68. The zero-order valence-corrected chi connectivity index (χ0v) is 11.5. The van der Waals surface area contributed by atoms with E-state index in [0.717, 1.165) is 48.8 Å². The summed E-state index contributed by atoms with van der Waals surface area (Å²) in [6, 6.07) is 11.1. The van der Waals surface area contributed by atoms with Gasteiger partial charge in [-0.2, -0.15) is 0 Å². The first-order valence-corrected chi connectivity index (χ1v) is 7.47. The van der Waals surface area contributed by atoms with Crippen molar-refractivity contribution < 1.29 is 9.15 Å². The van der Waals surface area contributed by atoms with Gasteiger partial charge in [-0.05, 0) is 49.4 Å². The molecule has 3 nitrogen and oxygen atoms in total. The quantitative estimate of drug-likeness (QED) is 0.922. The molecule has 1 aliphatic carbocycles. The lowest BCUT2D eigenvalue weighted by Crippen LogP contribution is -2.14. The van der Waals surface area contributed by atoms with E-state index in [1.54, 1.807) is 0 Å². The minimum atomic E-state index is 0.705. The summed E-state index contributed by atoms with van der Waals surface area (Å²) >= 11 is 0. The van der Waals surface area contributed by atoms with Crippen molar-refractivity contribution >= 4 is 0 Å². The SMILES string of the molecule is c1cc2c(c(-c3ccc(CNC4CC4)o3)c1)OCCC2. The minimum Gasteiger partial charge on any atom is -0.493 e. The van der Waals surface area contributed by atoms with Crippen molar-refractivity contribution in [1.82, 2.24) is 5.32 Å². The number of nitrogens with one attached hydrogen (secondary N) is 1. The molecular formula is C17H19NO2. The molecule has 0 spiro atoms. The number of hydrogen-bond acceptors (Lipinski definition) is 3. The van der Waals surface area contributed by atoms with Gasteiger partial charge in [0, 0.05) is 6.04 Å². The lowest BCUT2D eigenvalue weighted by Gasteiger charge is -2.19. The van der Waals surface area contributed by atoms with E-state index in [9.17, 15) is 0 Å². The van der Waals surface area contributed by atoms with Crippen molar-refractivity contribution in [2.75, 3.05) is 6.61 Å². The number of para-hydroxylation sites is 1. The summed E-state index contributed by atoms with van der Waals surface area (Å²) in [5.41, 5.74) is 2.38. The maximum atomic E-state index is 5.97. The fraction of sp³-hybridized carbons (Fsp3) is 0.412. The molecule has 0 amide bonds. The van der Waals surface area contributed by atoms with Gasteiger partial charge in [-0.3, -0.25) is 0 Å². The molecule has 0 unspecified atom stereocenters. The second-order valence-corrected chi connectivity index (χ2v) is 5.67. The number of hydrogen-bond donors (Lipinski definition) is 1. The van der Waals surface area contributed by atoms with Gasteiger partial charge in [0.25, 0.3) is 0 Å². The Bertz CT molecular complexity index is 613. The molecule has 2 aromatic rings. The van der Waals surface area contributed by atoms with E-state index in [0.29, 0.717) is 6.04 Å². The van der Waals surface area contributed by atoms with Crippen LogP contribution in [0.3, 0.4) is 0 Å². The van der Waals surface area contributed by atoms with Gasteiger partial charge in [-0.25, -0.2) is 0 Å². The van der Waals surface area contributed by atoms with Gasteiger partial charge < -0.3 is 14.5 Å². The molecule has 20 heavy (non-hydrogen) atoms. The Morgan fingerprint density at radius 3 is 3.00 bits per heavy atom. The van der Waals surface area contributed by atoms with Gasteiger partial charge in [0.05, 0.1) is 18.7 Å². The monoisotopic (exact) mass is 269 g/mol. The van der Waals surface area contributed by atoms with Gasteiger partial charge in [-0.1, -0.05) is 12.1 Å². The number of ether oxygens (including phenoxy) is 1. The summed E-state index contributed by atoms with van der Waals surface area (Å²) in [4.78, 5) is 0. The summed E-state index contributed by atoms with van der Waals surface area (Å²) in [6.07, 6.45) is 4.80. The normalized spacial score (nSPS) is 17.6. The van der Waals surface area contributed by atoms with Crippen LogP contribution in [0.2, 0.25) is 0 Å². The molecule has 104 valence electrons. The van der Waals surface area contributed by atoms with Crippen LogP contribution >= 0.6 is 0 Å². The molecule has 2 aliphatic rings. The van der Waals surface area contributed by atoms with Crippen molar-refractivity contribution in [1.29, 1.82) is 0 Å². The molecule has 0 radical (unpaired) electrons. The maximum absolute atomic E-state index is 5.97. The van der Waals surface area contributed by atoms with Gasteiger partial charge in [0.2, 0.25) is 0 Å². The van der Waals surface area contributed by atoms with Gasteiger partial charge >= 0.3 is 0 Å². The molecule has 2 heterocycles. The molecule has 1 saturated carbocycles. The topological polar surface area (TPSA) is 34.4 Å². The third-order valence-corrected chi connectivity index (χ3v) is 4.00. The van der Waals surface area contributed by atoms with Crippen LogP contribution in [-0.2, 0) is 13.0 Å². The van der Waals surface area contributed by atoms with Crippen molar-refractivity contribution in [3.8, 4) is 17.1 Å². The number of rotatable bonds is 4. The molecular weight excluding hydrogens is 250 g/mol. The first kappa shape index (κ1) is 12.0. The predicted octanol–water partition coefficient (Wildman–Crippen LogP) is 3.52. The Kier molecular flexibility index (Phi) is 3.00. The third-order valence-electron chi connectivity index (χ3n) is 4.00. The van der Waals surface area contributed by atoms with E-state index in [-0.39, 0.29) is 0 Å². The Balaban J connectivity index is 1.60. The lowest BCUT2D eigenvalue weighted by molar-refractivity contribution is 0.289. The summed E-state index contributed by atoms with van der Waals surface area (Å²) in [5, 5.41) is 3.47. The Morgan fingerprint density at radius 1 is 1.15 bits per heavy atom. The molecule has 1 aromatic carbocycles. The standard InChI is InChI=1S/C17H19NO2/c1-3-12-4-2-10-19-17(12)15(5-1)16-9-8-14(20-16)11-18-13-6-7-13/h1,3,5,8-9,13,18H,2,4,6-7,10-11H2. The van der Waals surface area contributed by atoms with Gasteiger partial charge in [0.1, 0.15) is 17.3 Å². The van der Waals surface area contributed by atoms with E-state index < -0.39 is 0 Å². The van der Waals surface area contributed by atoms with E-state index in [4.69, 9.17) is 9.15 Å². The zero-order valence-electron chi connectivity index (χ0n) is 11.5. The maximum Gasteiger partial charge on any atom is 0.138 e. The summed E-state index contributed by atoms with van der Waals surface area (Å²) < 4.78 is 11.8. The van der Waals surface area contributed by atoms with Crippen molar-refractivity contribution in [2.45, 2.75) is 38.3 Å². The number of benzene rings is 1. The Morgan fingerprint density at radius 2 is 2.10 bits per heavy atom. The van der Waals surface area contributed by atoms with E-state index in [1.807, 2.05) is 0 Å². The van der Waals surface area contributed by atoms with Crippen LogP contribution in [0.4, 0.5) is 0 Å². The average molecular weight is 269 g/mol. The van der Waals surface area contributed by atoms with Crippen LogP contribution in [0.1, 0.15) is 30.6 Å². The van der Waals surface area contributed by atoms with Crippen molar-refractivity contribution in [3.05, 3.63) is 41.7 Å². The molecule has 1 N–H and O–H groups in total. The molecule has 1 aromatic heterocycles. The van der Waals surface area contributed by atoms with Crippen LogP contribution in [-0.4, -0.2) is 12.6 Å². The number of aryl methyl sites for hydroxylation is 1. The Labute approximate surface area is 118 Å². The fourth-order valence-electron chi connectivity index (χ4n) is 2.73. The average Bonchev–Trinajstić information content (AvgIpc) is 3.21. The highest BCUT2D eigenvalue weighted by Crippen LogP contribution is 2.37.